The fourth-order valence-electron chi connectivity index (χ4n) is 2.15. The van der Waals surface area contributed by atoms with Gasteiger partial charge in [-0.15, -0.1) is 11.3 Å². The monoisotopic (exact) mass is 370 g/mol. The van der Waals surface area contributed by atoms with Crippen molar-refractivity contribution in [2.45, 2.75) is 18.7 Å². The molecule has 1 unspecified atom stereocenters. The van der Waals surface area contributed by atoms with Crippen LogP contribution in [0.2, 0.25) is 0 Å². The highest BCUT2D eigenvalue weighted by Crippen LogP contribution is 2.46. The lowest BCUT2D eigenvalue weighted by molar-refractivity contribution is 0.370. The first-order valence-corrected chi connectivity index (χ1v) is 8.26. The Bertz CT molecular complexity index is 592. The van der Waals surface area contributed by atoms with Crippen molar-refractivity contribution in [3.8, 4) is 17.2 Å². The summed E-state index contributed by atoms with van der Waals surface area (Å²) >= 11 is 5.56. The Labute approximate surface area is 138 Å². The lowest BCUT2D eigenvalue weighted by atomic mass is 10.1. The molecule has 1 aromatic heterocycles. The Morgan fingerprint density at radius 3 is 1.90 bits per heavy atom. The van der Waals surface area contributed by atoms with Crippen LogP contribution in [0.25, 0.3) is 0 Å². The van der Waals surface area contributed by atoms with Crippen molar-refractivity contribution >= 4 is 27.3 Å². The molecule has 0 fully saturated rings. The summed E-state index contributed by atoms with van der Waals surface area (Å²) in [5.74, 6) is 2.21. The van der Waals surface area contributed by atoms with Gasteiger partial charge in [-0.05, 0) is 25.5 Å². The second-order valence-corrected chi connectivity index (χ2v) is 6.90. The quantitative estimate of drug-likeness (QED) is 0.702. The van der Waals surface area contributed by atoms with E-state index in [2.05, 4.69) is 35.8 Å². The highest BCUT2D eigenvalue weighted by molar-refractivity contribution is 9.09. The predicted octanol–water partition coefficient (Wildman–Crippen LogP) is 4.88. The summed E-state index contributed by atoms with van der Waals surface area (Å²) in [5.41, 5.74) is 2.27. The maximum atomic E-state index is 5.52. The number of aryl methyl sites for hydroxylation is 2. The summed E-state index contributed by atoms with van der Waals surface area (Å²) in [4.78, 5) is 2.57. The summed E-state index contributed by atoms with van der Waals surface area (Å²) in [7, 11) is 4.94. The molecular formula is C16H19BrO3S. The second-order valence-electron chi connectivity index (χ2n) is 4.70. The van der Waals surface area contributed by atoms with E-state index in [-0.39, 0.29) is 4.83 Å². The van der Waals surface area contributed by atoms with Crippen molar-refractivity contribution in [1.82, 2.24) is 0 Å². The Balaban J connectivity index is 2.55. The van der Waals surface area contributed by atoms with E-state index in [9.17, 15) is 0 Å². The minimum Gasteiger partial charge on any atom is -0.496 e. The third-order valence-electron chi connectivity index (χ3n) is 3.44. The van der Waals surface area contributed by atoms with E-state index < -0.39 is 0 Å². The van der Waals surface area contributed by atoms with Gasteiger partial charge < -0.3 is 14.2 Å². The van der Waals surface area contributed by atoms with Gasteiger partial charge in [-0.2, -0.15) is 0 Å². The van der Waals surface area contributed by atoms with Gasteiger partial charge in [0.05, 0.1) is 31.7 Å². The van der Waals surface area contributed by atoms with Gasteiger partial charge in [0.15, 0.2) is 0 Å². The van der Waals surface area contributed by atoms with Crippen LogP contribution in [0.15, 0.2) is 18.2 Å². The first kappa shape index (κ1) is 16.2. The molecule has 0 amide bonds. The minimum absolute atomic E-state index is 0.0192. The number of rotatable bonds is 5. The zero-order chi connectivity index (χ0) is 15.6. The van der Waals surface area contributed by atoms with E-state index in [1.165, 1.54) is 15.3 Å². The third-order valence-corrected chi connectivity index (χ3v) is 5.91. The fraction of sp³-hybridized carbons (Fsp3) is 0.375. The fourth-order valence-corrected chi connectivity index (χ4v) is 4.05. The van der Waals surface area contributed by atoms with Gasteiger partial charge >= 0.3 is 0 Å². The molecule has 0 spiro atoms. The van der Waals surface area contributed by atoms with Gasteiger partial charge in [-0.3, -0.25) is 0 Å². The van der Waals surface area contributed by atoms with Crippen molar-refractivity contribution < 1.29 is 14.2 Å². The molecule has 2 rings (SSSR count). The number of benzene rings is 1. The molecule has 5 heteroatoms. The number of thiophene rings is 1. The van der Waals surface area contributed by atoms with E-state index in [1.54, 1.807) is 32.7 Å². The average Bonchev–Trinajstić information content (AvgIpc) is 2.84. The number of methoxy groups -OCH3 is 3. The van der Waals surface area contributed by atoms with Crippen LogP contribution < -0.4 is 14.2 Å². The van der Waals surface area contributed by atoms with Crippen molar-refractivity contribution in [2.75, 3.05) is 21.3 Å². The van der Waals surface area contributed by atoms with Crippen molar-refractivity contribution in [1.29, 1.82) is 0 Å². The van der Waals surface area contributed by atoms with Crippen LogP contribution in [0.1, 0.15) is 25.7 Å². The third kappa shape index (κ3) is 3.19. The summed E-state index contributed by atoms with van der Waals surface area (Å²) in [6.07, 6.45) is 0. The summed E-state index contributed by atoms with van der Waals surface area (Å²) < 4.78 is 16.3. The predicted molar refractivity (Wildman–Crippen MR) is 90.7 cm³/mol. The van der Waals surface area contributed by atoms with Crippen LogP contribution in [-0.4, -0.2) is 21.3 Å². The molecule has 0 saturated carbocycles. The lowest BCUT2D eigenvalue weighted by Crippen LogP contribution is -2.00. The molecule has 0 saturated heterocycles. The molecule has 2 aromatic rings. The second kappa shape index (κ2) is 6.71. The summed E-state index contributed by atoms with van der Waals surface area (Å²) in [5, 5.41) is 0. The van der Waals surface area contributed by atoms with Crippen LogP contribution in [0.5, 0.6) is 17.2 Å². The molecule has 0 radical (unpaired) electrons. The number of alkyl halides is 1. The molecular weight excluding hydrogens is 352 g/mol. The zero-order valence-electron chi connectivity index (χ0n) is 12.8. The van der Waals surface area contributed by atoms with E-state index in [0.29, 0.717) is 5.75 Å². The minimum atomic E-state index is 0.0192. The van der Waals surface area contributed by atoms with E-state index in [1.807, 2.05) is 12.1 Å². The van der Waals surface area contributed by atoms with Gasteiger partial charge in [0, 0.05) is 21.9 Å². The maximum absolute atomic E-state index is 5.52. The lowest BCUT2D eigenvalue weighted by Gasteiger charge is -2.18. The molecule has 1 aromatic carbocycles. The molecule has 0 bridgehead atoms. The number of hydrogen-bond acceptors (Lipinski definition) is 4. The van der Waals surface area contributed by atoms with Gasteiger partial charge in [-0.1, -0.05) is 15.9 Å². The molecule has 0 aliphatic rings. The largest absolute Gasteiger partial charge is 0.496 e. The molecule has 21 heavy (non-hydrogen) atoms. The highest BCUT2D eigenvalue weighted by atomic mass is 79.9. The Hall–Kier alpha value is -1.20. The van der Waals surface area contributed by atoms with Crippen LogP contribution in [0, 0.1) is 13.8 Å². The zero-order valence-corrected chi connectivity index (χ0v) is 15.2. The smallest absolute Gasteiger partial charge is 0.130 e. The molecule has 0 aliphatic heterocycles. The topological polar surface area (TPSA) is 27.7 Å². The van der Waals surface area contributed by atoms with Gasteiger partial charge in [0.25, 0.3) is 0 Å². The number of halogens is 1. The van der Waals surface area contributed by atoms with Crippen molar-refractivity contribution in [3.63, 3.8) is 0 Å². The molecule has 0 aliphatic carbocycles. The molecule has 3 nitrogen and oxygen atoms in total. The summed E-state index contributed by atoms with van der Waals surface area (Å²) in [6.45, 7) is 4.25. The Morgan fingerprint density at radius 1 is 0.952 bits per heavy atom. The van der Waals surface area contributed by atoms with Gasteiger partial charge in [0.1, 0.15) is 17.2 Å². The number of hydrogen-bond donors (Lipinski definition) is 0. The van der Waals surface area contributed by atoms with Crippen LogP contribution in [0.3, 0.4) is 0 Å². The number of ether oxygens (including phenoxy) is 3. The SMILES string of the molecule is COc1cc(OC)c(C(Br)c2cc(C)c(C)s2)c(OC)c1. The Kier molecular flexibility index (Phi) is 5.17. The maximum Gasteiger partial charge on any atom is 0.130 e. The van der Waals surface area contributed by atoms with Crippen LogP contribution >= 0.6 is 27.3 Å². The summed E-state index contributed by atoms with van der Waals surface area (Å²) in [6, 6.07) is 5.95. The van der Waals surface area contributed by atoms with E-state index >= 15 is 0 Å². The first-order valence-electron chi connectivity index (χ1n) is 6.52. The highest BCUT2D eigenvalue weighted by Gasteiger charge is 2.23. The average molecular weight is 371 g/mol. The van der Waals surface area contributed by atoms with Gasteiger partial charge in [-0.25, -0.2) is 0 Å². The Morgan fingerprint density at radius 2 is 1.52 bits per heavy atom. The molecule has 1 atom stereocenters. The van der Waals surface area contributed by atoms with E-state index in [4.69, 9.17) is 14.2 Å². The van der Waals surface area contributed by atoms with Gasteiger partial charge in [0.2, 0.25) is 0 Å². The molecule has 0 N–H and O–H groups in total. The van der Waals surface area contributed by atoms with Crippen molar-refractivity contribution in [2.24, 2.45) is 0 Å². The molecule has 1 heterocycles. The normalized spacial score (nSPS) is 12.1. The van der Waals surface area contributed by atoms with Crippen LogP contribution in [0.4, 0.5) is 0 Å². The van der Waals surface area contributed by atoms with E-state index in [0.717, 1.165) is 17.1 Å². The standard InChI is InChI=1S/C16H19BrO3S/c1-9-6-14(21-10(9)2)16(17)15-12(19-4)7-11(18-3)8-13(15)20-5/h6-8,16H,1-5H3. The van der Waals surface area contributed by atoms with Crippen LogP contribution in [-0.2, 0) is 0 Å². The van der Waals surface area contributed by atoms with Crippen molar-refractivity contribution in [3.05, 3.63) is 39.1 Å². The first-order chi connectivity index (χ1) is 10.0. The molecule has 114 valence electrons.